The first-order valence-electron chi connectivity index (χ1n) is 8.46. The highest BCUT2D eigenvalue weighted by atomic mass is 16.5. The summed E-state index contributed by atoms with van der Waals surface area (Å²) >= 11 is 0. The summed E-state index contributed by atoms with van der Waals surface area (Å²) < 4.78 is 6.14. The quantitative estimate of drug-likeness (QED) is 0.781. The molecule has 0 aromatic heterocycles. The van der Waals surface area contributed by atoms with Crippen LogP contribution in [0, 0.1) is 11.3 Å². The van der Waals surface area contributed by atoms with Gasteiger partial charge in [0.05, 0.1) is 6.10 Å². The van der Waals surface area contributed by atoms with E-state index in [-0.39, 0.29) is 0 Å². The van der Waals surface area contributed by atoms with Crippen LogP contribution in [-0.4, -0.2) is 25.3 Å². The van der Waals surface area contributed by atoms with Crippen molar-refractivity contribution in [3.63, 3.8) is 0 Å². The lowest BCUT2D eigenvalue weighted by molar-refractivity contribution is -0.00189. The number of rotatable bonds is 6. The maximum Gasteiger partial charge on any atom is 0.0575 e. The van der Waals surface area contributed by atoms with Crippen molar-refractivity contribution in [3.8, 4) is 0 Å². The van der Waals surface area contributed by atoms with Crippen LogP contribution in [-0.2, 0) is 4.74 Å². The predicted molar refractivity (Wildman–Crippen MR) is 81.4 cm³/mol. The van der Waals surface area contributed by atoms with Gasteiger partial charge in [-0.1, -0.05) is 27.2 Å². The van der Waals surface area contributed by atoms with E-state index in [1.54, 1.807) is 0 Å². The van der Waals surface area contributed by atoms with Crippen LogP contribution in [0.25, 0.3) is 0 Å². The van der Waals surface area contributed by atoms with E-state index >= 15 is 0 Å². The fourth-order valence-corrected chi connectivity index (χ4v) is 3.84. The van der Waals surface area contributed by atoms with Crippen LogP contribution < -0.4 is 5.32 Å². The van der Waals surface area contributed by atoms with Crippen LogP contribution in [0.1, 0.15) is 72.1 Å². The Labute approximate surface area is 119 Å². The molecular formula is C17H33NO. The summed E-state index contributed by atoms with van der Waals surface area (Å²) in [5, 5.41) is 3.64. The Morgan fingerprint density at radius 2 is 1.84 bits per heavy atom. The first-order chi connectivity index (χ1) is 9.11. The van der Waals surface area contributed by atoms with E-state index in [0.717, 1.165) is 25.1 Å². The number of hydrogen-bond acceptors (Lipinski definition) is 2. The van der Waals surface area contributed by atoms with Crippen LogP contribution in [0.3, 0.4) is 0 Å². The average molecular weight is 267 g/mol. The third-order valence-corrected chi connectivity index (χ3v) is 5.25. The van der Waals surface area contributed by atoms with Crippen molar-refractivity contribution in [3.05, 3.63) is 0 Å². The van der Waals surface area contributed by atoms with Gasteiger partial charge < -0.3 is 10.1 Å². The van der Waals surface area contributed by atoms with E-state index in [2.05, 4.69) is 26.1 Å². The highest BCUT2D eigenvalue weighted by molar-refractivity contribution is 4.83. The zero-order valence-corrected chi connectivity index (χ0v) is 13.2. The maximum atomic E-state index is 6.14. The Morgan fingerprint density at radius 3 is 2.53 bits per heavy atom. The third kappa shape index (κ3) is 4.75. The van der Waals surface area contributed by atoms with Gasteiger partial charge in [-0.05, 0) is 62.8 Å². The normalized spacial score (nSPS) is 31.7. The molecule has 2 heteroatoms. The summed E-state index contributed by atoms with van der Waals surface area (Å²) in [6.45, 7) is 9.10. The van der Waals surface area contributed by atoms with Gasteiger partial charge in [-0.25, -0.2) is 0 Å². The summed E-state index contributed by atoms with van der Waals surface area (Å²) in [7, 11) is 0. The Kier molecular flexibility index (Phi) is 5.70. The van der Waals surface area contributed by atoms with E-state index in [9.17, 15) is 0 Å². The summed E-state index contributed by atoms with van der Waals surface area (Å²) in [5.74, 6) is 0.861. The SMILES string of the molecule is CCNC1CCCC1CCOC1CCC(C)(C)CC1. The van der Waals surface area contributed by atoms with Crippen molar-refractivity contribution in [2.24, 2.45) is 11.3 Å². The molecule has 0 aromatic rings. The smallest absolute Gasteiger partial charge is 0.0575 e. The molecule has 0 radical (unpaired) electrons. The lowest BCUT2D eigenvalue weighted by Crippen LogP contribution is -2.33. The molecule has 0 amide bonds. The van der Waals surface area contributed by atoms with Crippen molar-refractivity contribution in [1.29, 1.82) is 0 Å². The molecule has 19 heavy (non-hydrogen) atoms. The molecule has 112 valence electrons. The zero-order chi connectivity index (χ0) is 13.7. The molecule has 2 atom stereocenters. The van der Waals surface area contributed by atoms with Crippen LogP contribution in [0.15, 0.2) is 0 Å². The summed E-state index contributed by atoms with van der Waals surface area (Å²) in [6, 6.07) is 0.763. The van der Waals surface area contributed by atoms with Gasteiger partial charge in [0.1, 0.15) is 0 Å². The number of hydrogen-bond donors (Lipinski definition) is 1. The molecule has 0 aliphatic heterocycles. The second-order valence-corrected chi connectivity index (χ2v) is 7.38. The number of ether oxygens (including phenoxy) is 1. The van der Waals surface area contributed by atoms with Gasteiger partial charge in [-0.15, -0.1) is 0 Å². The molecule has 2 saturated carbocycles. The molecule has 0 heterocycles. The molecule has 2 unspecified atom stereocenters. The first kappa shape index (κ1) is 15.3. The minimum absolute atomic E-state index is 0.548. The Bertz CT molecular complexity index is 254. The highest BCUT2D eigenvalue weighted by Crippen LogP contribution is 2.36. The van der Waals surface area contributed by atoms with Gasteiger partial charge in [0, 0.05) is 12.6 Å². The minimum atomic E-state index is 0.548. The van der Waals surface area contributed by atoms with E-state index in [1.165, 1.54) is 51.4 Å². The molecule has 2 nitrogen and oxygen atoms in total. The van der Waals surface area contributed by atoms with E-state index < -0.39 is 0 Å². The molecule has 0 bridgehead atoms. The molecule has 0 aromatic carbocycles. The fourth-order valence-electron chi connectivity index (χ4n) is 3.84. The van der Waals surface area contributed by atoms with Crippen LogP contribution in [0.2, 0.25) is 0 Å². The average Bonchev–Trinajstić information content (AvgIpc) is 2.80. The molecule has 0 spiro atoms. The summed E-state index contributed by atoms with van der Waals surface area (Å²) in [4.78, 5) is 0. The molecular weight excluding hydrogens is 234 g/mol. The van der Waals surface area contributed by atoms with Crippen molar-refractivity contribution in [1.82, 2.24) is 5.32 Å². The van der Waals surface area contributed by atoms with Crippen LogP contribution >= 0.6 is 0 Å². The van der Waals surface area contributed by atoms with Crippen molar-refractivity contribution in [2.45, 2.75) is 84.3 Å². The molecule has 2 aliphatic rings. The Hall–Kier alpha value is -0.0800. The molecule has 1 N–H and O–H groups in total. The second kappa shape index (κ2) is 7.08. The summed E-state index contributed by atoms with van der Waals surface area (Å²) in [6.07, 6.45) is 11.2. The maximum absolute atomic E-state index is 6.14. The first-order valence-corrected chi connectivity index (χ1v) is 8.46. The largest absolute Gasteiger partial charge is 0.378 e. The molecule has 0 saturated heterocycles. The van der Waals surface area contributed by atoms with Gasteiger partial charge in [0.25, 0.3) is 0 Å². The Balaban J connectivity index is 1.61. The van der Waals surface area contributed by atoms with Crippen LogP contribution in [0.4, 0.5) is 0 Å². The monoisotopic (exact) mass is 267 g/mol. The number of nitrogens with one attached hydrogen (secondary N) is 1. The fraction of sp³-hybridized carbons (Fsp3) is 1.00. The highest BCUT2D eigenvalue weighted by Gasteiger charge is 2.29. The standard InChI is InChI=1S/C17H33NO/c1-4-18-16-7-5-6-14(16)10-13-19-15-8-11-17(2,3)12-9-15/h14-16,18H,4-13H2,1-3H3. The van der Waals surface area contributed by atoms with Gasteiger partial charge in [-0.2, -0.15) is 0 Å². The molecule has 2 rings (SSSR count). The van der Waals surface area contributed by atoms with Crippen molar-refractivity contribution >= 4 is 0 Å². The van der Waals surface area contributed by atoms with Crippen LogP contribution in [0.5, 0.6) is 0 Å². The van der Waals surface area contributed by atoms with E-state index in [4.69, 9.17) is 4.74 Å². The minimum Gasteiger partial charge on any atom is -0.378 e. The predicted octanol–water partition coefficient (Wildman–Crippen LogP) is 4.14. The third-order valence-electron chi connectivity index (χ3n) is 5.25. The lowest BCUT2D eigenvalue weighted by Gasteiger charge is -2.34. The van der Waals surface area contributed by atoms with Gasteiger partial charge >= 0.3 is 0 Å². The molecule has 2 aliphatic carbocycles. The zero-order valence-electron chi connectivity index (χ0n) is 13.2. The second-order valence-electron chi connectivity index (χ2n) is 7.38. The van der Waals surface area contributed by atoms with Gasteiger partial charge in [0.15, 0.2) is 0 Å². The van der Waals surface area contributed by atoms with E-state index in [1.807, 2.05) is 0 Å². The topological polar surface area (TPSA) is 21.3 Å². The van der Waals surface area contributed by atoms with Crippen molar-refractivity contribution in [2.75, 3.05) is 13.2 Å². The van der Waals surface area contributed by atoms with Crippen molar-refractivity contribution < 1.29 is 4.74 Å². The lowest BCUT2D eigenvalue weighted by atomic mass is 9.76. The summed E-state index contributed by atoms with van der Waals surface area (Å²) in [5.41, 5.74) is 0.557. The molecule has 2 fully saturated rings. The van der Waals surface area contributed by atoms with E-state index in [0.29, 0.717) is 11.5 Å². The Morgan fingerprint density at radius 1 is 1.11 bits per heavy atom. The van der Waals surface area contributed by atoms with Gasteiger partial charge in [0.2, 0.25) is 0 Å². The van der Waals surface area contributed by atoms with Gasteiger partial charge in [-0.3, -0.25) is 0 Å².